The molecule has 3 nitrogen and oxygen atoms in total. The van der Waals surface area contributed by atoms with Gasteiger partial charge in [-0.05, 0) is 24.7 Å². The monoisotopic (exact) mass is 293 g/mol. The SMILES string of the molecule is CC1CCCC(CCNc2nnc(C(F)(F)F)s2)C1. The summed E-state index contributed by atoms with van der Waals surface area (Å²) in [5.41, 5.74) is 0. The summed E-state index contributed by atoms with van der Waals surface area (Å²) in [6, 6.07) is 0. The molecule has 2 unspecified atom stereocenters. The quantitative estimate of drug-likeness (QED) is 0.904. The molecule has 2 atom stereocenters. The predicted octanol–water partition coefficient (Wildman–Crippen LogP) is 4.19. The van der Waals surface area contributed by atoms with Crippen molar-refractivity contribution in [2.75, 3.05) is 11.9 Å². The van der Waals surface area contributed by atoms with E-state index in [0.29, 0.717) is 23.8 Å². The Hall–Kier alpha value is -0.850. The fourth-order valence-electron chi connectivity index (χ4n) is 2.61. The summed E-state index contributed by atoms with van der Waals surface area (Å²) in [6.07, 6.45) is 1.63. The van der Waals surface area contributed by atoms with E-state index in [2.05, 4.69) is 22.4 Å². The highest BCUT2D eigenvalue weighted by Gasteiger charge is 2.35. The smallest absolute Gasteiger partial charge is 0.360 e. The van der Waals surface area contributed by atoms with Gasteiger partial charge in [-0.25, -0.2) is 0 Å². The van der Waals surface area contributed by atoms with Gasteiger partial charge in [0.1, 0.15) is 0 Å². The highest BCUT2D eigenvalue weighted by Crippen LogP contribution is 2.33. The van der Waals surface area contributed by atoms with E-state index in [4.69, 9.17) is 0 Å². The van der Waals surface area contributed by atoms with Crippen LogP contribution < -0.4 is 5.32 Å². The van der Waals surface area contributed by atoms with E-state index in [9.17, 15) is 13.2 Å². The van der Waals surface area contributed by atoms with Crippen molar-refractivity contribution in [1.29, 1.82) is 0 Å². The van der Waals surface area contributed by atoms with Crippen molar-refractivity contribution >= 4 is 16.5 Å². The maximum atomic E-state index is 12.3. The maximum absolute atomic E-state index is 12.3. The summed E-state index contributed by atoms with van der Waals surface area (Å²) in [6.45, 7) is 2.93. The molecule has 0 aromatic carbocycles. The molecule has 1 heterocycles. The van der Waals surface area contributed by atoms with E-state index in [0.717, 1.165) is 12.3 Å². The molecule has 0 bridgehead atoms. The van der Waals surface area contributed by atoms with Crippen molar-refractivity contribution in [3.8, 4) is 0 Å². The van der Waals surface area contributed by atoms with Gasteiger partial charge in [-0.15, -0.1) is 10.2 Å². The zero-order chi connectivity index (χ0) is 13.9. The third-order valence-electron chi connectivity index (χ3n) is 3.54. The number of aromatic nitrogens is 2. The van der Waals surface area contributed by atoms with Gasteiger partial charge in [-0.1, -0.05) is 37.5 Å². The summed E-state index contributed by atoms with van der Waals surface area (Å²) in [5.74, 6) is 1.46. The van der Waals surface area contributed by atoms with Crippen LogP contribution in [0.3, 0.4) is 0 Å². The van der Waals surface area contributed by atoms with Gasteiger partial charge in [0.05, 0.1) is 0 Å². The third kappa shape index (κ3) is 4.33. The van der Waals surface area contributed by atoms with E-state index in [-0.39, 0.29) is 5.13 Å². The molecule has 7 heteroatoms. The normalized spacial score (nSPS) is 24.4. The number of nitrogens with zero attached hydrogens (tertiary/aromatic N) is 2. The molecule has 1 N–H and O–H groups in total. The number of anilines is 1. The lowest BCUT2D eigenvalue weighted by molar-refractivity contribution is -0.138. The first kappa shape index (κ1) is 14.6. The molecule has 2 rings (SSSR count). The Morgan fingerprint density at radius 1 is 1.32 bits per heavy atom. The average molecular weight is 293 g/mol. The zero-order valence-corrected chi connectivity index (χ0v) is 11.7. The molecular weight excluding hydrogens is 275 g/mol. The van der Waals surface area contributed by atoms with Gasteiger partial charge >= 0.3 is 6.18 Å². The number of alkyl halides is 3. The van der Waals surface area contributed by atoms with Crippen LogP contribution in [0.4, 0.5) is 18.3 Å². The predicted molar refractivity (Wildman–Crippen MR) is 69.1 cm³/mol. The molecule has 1 aromatic heterocycles. The van der Waals surface area contributed by atoms with Gasteiger partial charge < -0.3 is 5.32 Å². The molecule has 1 aromatic rings. The molecule has 1 fully saturated rings. The van der Waals surface area contributed by atoms with Gasteiger partial charge in [0.2, 0.25) is 10.1 Å². The molecule has 0 aliphatic heterocycles. The van der Waals surface area contributed by atoms with Crippen molar-refractivity contribution in [3.63, 3.8) is 0 Å². The van der Waals surface area contributed by atoms with Crippen LogP contribution in [-0.4, -0.2) is 16.7 Å². The standard InChI is InChI=1S/C12H18F3N3S/c1-8-3-2-4-9(7-8)5-6-16-11-18-17-10(19-11)12(13,14)15/h8-9H,2-7H2,1H3,(H,16,18). The summed E-state index contributed by atoms with van der Waals surface area (Å²) in [4.78, 5) is 0. The number of halogens is 3. The summed E-state index contributed by atoms with van der Waals surface area (Å²) < 4.78 is 37.0. The topological polar surface area (TPSA) is 37.8 Å². The van der Waals surface area contributed by atoms with E-state index in [1.54, 1.807) is 0 Å². The van der Waals surface area contributed by atoms with Crippen molar-refractivity contribution in [2.45, 2.75) is 45.2 Å². The molecule has 0 amide bonds. The molecule has 1 aliphatic carbocycles. The molecule has 19 heavy (non-hydrogen) atoms. The minimum Gasteiger partial charge on any atom is -0.360 e. The Kier molecular flexibility index (Phi) is 4.65. The minimum atomic E-state index is -4.39. The summed E-state index contributed by atoms with van der Waals surface area (Å²) in [7, 11) is 0. The summed E-state index contributed by atoms with van der Waals surface area (Å²) in [5, 5.41) is 8.98. The second-order valence-electron chi connectivity index (χ2n) is 5.26. The van der Waals surface area contributed by atoms with Crippen LogP contribution >= 0.6 is 11.3 Å². The van der Waals surface area contributed by atoms with Gasteiger partial charge in [-0.2, -0.15) is 13.2 Å². The van der Waals surface area contributed by atoms with Crippen molar-refractivity contribution < 1.29 is 13.2 Å². The molecule has 0 radical (unpaired) electrons. The molecule has 108 valence electrons. The van der Waals surface area contributed by atoms with Crippen LogP contribution in [0.15, 0.2) is 0 Å². The van der Waals surface area contributed by atoms with Crippen molar-refractivity contribution in [2.24, 2.45) is 11.8 Å². The number of rotatable bonds is 4. The number of hydrogen-bond donors (Lipinski definition) is 1. The fourth-order valence-corrected chi connectivity index (χ4v) is 3.25. The number of nitrogens with one attached hydrogen (secondary N) is 1. The molecular formula is C12H18F3N3S. The Labute approximate surface area is 114 Å². The highest BCUT2D eigenvalue weighted by atomic mass is 32.1. The second-order valence-corrected chi connectivity index (χ2v) is 6.24. The first-order chi connectivity index (χ1) is 8.95. The fraction of sp³-hybridized carbons (Fsp3) is 0.833. The second kappa shape index (κ2) is 6.07. The molecule has 0 saturated heterocycles. The van der Waals surface area contributed by atoms with Crippen molar-refractivity contribution in [1.82, 2.24) is 10.2 Å². The minimum absolute atomic E-state index is 0.260. The third-order valence-corrected chi connectivity index (χ3v) is 4.47. The Morgan fingerprint density at radius 3 is 2.74 bits per heavy atom. The Bertz CT molecular complexity index is 405. The van der Waals surface area contributed by atoms with E-state index in [1.807, 2.05) is 0 Å². The molecule has 0 spiro atoms. The van der Waals surface area contributed by atoms with Gasteiger partial charge in [0, 0.05) is 6.54 Å². The molecule has 1 aliphatic rings. The van der Waals surface area contributed by atoms with Crippen LogP contribution in [0.1, 0.15) is 44.0 Å². The first-order valence-corrected chi connectivity index (χ1v) is 7.41. The Balaban J connectivity index is 1.75. The largest absolute Gasteiger partial charge is 0.445 e. The lowest BCUT2D eigenvalue weighted by Gasteiger charge is -2.26. The van der Waals surface area contributed by atoms with Gasteiger partial charge in [0.15, 0.2) is 0 Å². The van der Waals surface area contributed by atoms with Crippen LogP contribution in [0.2, 0.25) is 0 Å². The van der Waals surface area contributed by atoms with E-state index >= 15 is 0 Å². The van der Waals surface area contributed by atoms with Crippen LogP contribution in [0, 0.1) is 11.8 Å². The first-order valence-electron chi connectivity index (χ1n) is 6.59. The average Bonchev–Trinajstić information content (AvgIpc) is 2.77. The van der Waals surface area contributed by atoms with Crippen molar-refractivity contribution in [3.05, 3.63) is 5.01 Å². The highest BCUT2D eigenvalue weighted by molar-refractivity contribution is 7.15. The van der Waals surface area contributed by atoms with E-state index in [1.165, 1.54) is 25.7 Å². The number of hydrogen-bond acceptors (Lipinski definition) is 4. The Morgan fingerprint density at radius 2 is 2.11 bits per heavy atom. The van der Waals surface area contributed by atoms with Crippen LogP contribution in [0.5, 0.6) is 0 Å². The summed E-state index contributed by atoms with van der Waals surface area (Å²) >= 11 is 0.569. The lowest BCUT2D eigenvalue weighted by Crippen LogP contribution is -2.16. The molecule has 1 saturated carbocycles. The van der Waals surface area contributed by atoms with E-state index < -0.39 is 11.2 Å². The lowest BCUT2D eigenvalue weighted by atomic mass is 9.81. The van der Waals surface area contributed by atoms with Gasteiger partial charge in [-0.3, -0.25) is 0 Å². The van der Waals surface area contributed by atoms with Gasteiger partial charge in [0.25, 0.3) is 0 Å². The van der Waals surface area contributed by atoms with Crippen LogP contribution in [-0.2, 0) is 6.18 Å². The van der Waals surface area contributed by atoms with Crippen LogP contribution in [0.25, 0.3) is 0 Å². The zero-order valence-electron chi connectivity index (χ0n) is 10.8. The maximum Gasteiger partial charge on any atom is 0.445 e.